The van der Waals surface area contributed by atoms with Gasteiger partial charge in [0.15, 0.2) is 11.9 Å². The number of hydrogen-bond donors (Lipinski definition) is 2. The first-order valence-corrected chi connectivity index (χ1v) is 17.2. The Morgan fingerprint density at radius 2 is 1.85 bits per heavy atom. The monoisotopic (exact) mass is 664 g/mol. The summed E-state index contributed by atoms with van der Waals surface area (Å²) in [6, 6.07) is 19.5. The number of hydrogen-bond acceptors (Lipinski definition) is 9. The lowest BCUT2D eigenvalue weighted by Gasteiger charge is -2.31. The zero-order valence-electron chi connectivity index (χ0n) is 25.7. The van der Waals surface area contributed by atoms with Crippen LogP contribution in [-0.4, -0.2) is 78.5 Å². The molecule has 1 aliphatic rings. The van der Waals surface area contributed by atoms with Crippen molar-refractivity contribution in [1.82, 2.24) is 14.6 Å². The molecule has 1 fully saturated rings. The maximum Gasteiger partial charge on any atom is 0.415 e. The van der Waals surface area contributed by atoms with Crippen molar-refractivity contribution in [3.8, 4) is 0 Å². The summed E-state index contributed by atoms with van der Waals surface area (Å²) in [6.45, 7) is 4.93. The van der Waals surface area contributed by atoms with Gasteiger partial charge in [0.2, 0.25) is 10.0 Å². The van der Waals surface area contributed by atoms with Gasteiger partial charge in [0.25, 0.3) is 5.91 Å². The molecule has 13 heteroatoms. The van der Waals surface area contributed by atoms with Crippen LogP contribution in [-0.2, 0) is 26.0 Å². The molecule has 1 aliphatic heterocycles. The molecule has 3 aromatic carbocycles. The van der Waals surface area contributed by atoms with Crippen LogP contribution in [0.1, 0.15) is 36.7 Å². The van der Waals surface area contributed by atoms with E-state index < -0.39 is 40.3 Å². The SMILES string of the molecule is CC(=O)c1cccc(N2C[C@@H](C(=O)N[C@@H](Cc3ccccc3)[C@H](O)CN(CC(C)C)S(=O)(=O)c3ccc4scnc4c3)OC2=O)c1. The van der Waals surface area contributed by atoms with Crippen LogP contribution in [0.5, 0.6) is 0 Å². The largest absolute Gasteiger partial charge is 0.434 e. The normalized spacial score (nSPS) is 16.5. The predicted molar refractivity (Wildman–Crippen MR) is 175 cm³/mol. The first-order valence-electron chi connectivity index (χ1n) is 14.9. The van der Waals surface area contributed by atoms with Gasteiger partial charge < -0.3 is 15.2 Å². The van der Waals surface area contributed by atoms with Gasteiger partial charge in [-0.2, -0.15) is 4.31 Å². The van der Waals surface area contributed by atoms with E-state index in [0.29, 0.717) is 16.8 Å². The predicted octanol–water partition coefficient (Wildman–Crippen LogP) is 4.26. The second-order valence-electron chi connectivity index (χ2n) is 11.7. The van der Waals surface area contributed by atoms with Crippen molar-refractivity contribution < 1.29 is 32.6 Å². The van der Waals surface area contributed by atoms with Gasteiger partial charge in [-0.25, -0.2) is 18.2 Å². The van der Waals surface area contributed by atoms with E-state index in [-0.39, 0.29) is 42.7 Å². The van der Waals surface area contributed by atoms with E-state index in [1.165, 1.54) is 39.6 Å². The molecular weight excluding hydrogens is 629 g/mol. The van der Waals surface area contributed by atoms with Gasteiger partial charge in [0.1, 0.15) is 0 Å². The Kier molecular flexibility index (Phi) is 10.2. The van der Waals surface area contributed by atoms with Crippen LogP contribution in [0.3, 0.4) is 0 Å². The van der Waals surface area contributed by atoms with E-state index in [4.69, 9.17) is 4.74 Å². The molecule has 0 spiro atoms. The fraction of sp³-hybridized carbons (Fsp3) is 0.333. The zero-order valence-corrected chi connectivity index (χ0v) is 27.3. The van der Waals surface area contributed by atoms with Gasteiger partial charge in [-0.15, -0.1) is 11.3 Å². The third kappa shape index (κ3) is 7.61. The minimum Gasteiger partial charge on any atom is -0.434 e. The molecule has 242 valence electrons. The number of fused-ring (bicyclic) bond motifs is 1. The lowest BCUT2D eigenvalue weighted by Crippen LogP contribution is -2.53. The maximum atomic E-state index is 13.9. The van der Waals surface area contributed by atoms with E-state index in [0.717, 1.165) is 10.3 Å². The highest BCUT2D eigenvalue weighted by atomic mass is 32.2. The highest BCUT2D eigenvalue weighted by Gasteiger charge is 2.39. The first-order chi connectivity index (χ1) is 21.9. The van der Waals surface area contributed by atoms with E-state index in [9.17, 15) is 27.9 Å². The van der Waals surface area contributed by atoms with Gasteiger partial charge in [0.05, 0.1) is 39.3 Å². The minimum atomic E-state index is -4.04. The summed E-state index contributed by atoms with van der Waals surface area (Å²) in [6.07, 6.45) is -3.06. The number of carbonyl (C=O) groups excluding carboxylic acids is 3. The number of rotatable bonds is 13. The van der Waals surface area contributed by atoms with Crippen LogP contribution in [0.2, 0.25) is 0 Å². The van der Waals surface area contributed by atoms with Crippen molar-refractivity contribution >= 4 is 55.0 Å². The number of thiazole rings is 1. The summed E-state index contributed by atoms with van der Waals surface area (Å²) in [5.74, 6) is -0.859. The summed E-state index contributed by atoms with van der Waals surface area (Å²) in [4.78, 5) is 43.7. The molecule has 1 aromatic heterocycles. The van der Waals surface area contributed by atoms with Crippen molar-refractivity contribution in [3.63, 3.8) is 0 Å². The average Bonchev–Trinajstić information content (AvgIpc) is 3.67. The standard InChI is InChI=1S/C33H36N4O7S2/c1-21(2)17-36(46(42,43)26-12-13-31-28(16-26)34-20-45-31)18-29(39)27(14-23-8-5-4-6-9-23)35-32(40)30-19-37(33(41)44-30)25-11-7-10-24(15-25)22(3)38/h4-13,15-16,20-21,27,29-30,39H,14,17-19H2,1-3H3,(H,35,40)/t27-,29+,30-/m0/s1. The van der Waals surface area contributed by atoms with Crippen LogP contribution in [0.15, 0.2) is 83.2 Å². The first kappa shape index (κ1) is 33.2. The molecule has 1 saturated heterocycles. The fourth-order valence-electron chi connectivity index (χ4n) is 5.29. The molecule has 2 N–H and O–H groups in total. The van der Waals surface area contributed by atoms with Crippen LogP contribution in [0, 0.1) is 5.92 Å². The molecule has 3 atom stereocenters. The van der Waals surface area contributed by atoms with Crippen LogP contribution >= 0.6 is 11.3 Å². The molecule has 2 amide bonds. The maximum absolute atomic E-state index is 13.9. The Bertz CT molecular complexity index is 1830. The number of ketones is 1. The van der Waals surface area contributed by atoms with Crippen LogP contribution in [0.25, 0.3) is 10.2 Å². The fourth-order valence-corrected chi connectivity index (χ4v) is 7.59. The molecule has 0 radical (unpaired) electrons. The second kappa shape index (κ2) is 14.1. The van der Waals surface area contributed by atoms with Gasteiger partial charge in [-0.05, 0) is 55.2 Å². The third-order valence-corrected chi connectivity index (χ3v) is 10.3. The van der Waals surface area contributed by atoms with Gasteiger partial charge in [-0.3, -0.25) is 14.5 Å². The highest BCUT2D eigenvalue weighted by Crippen LogP contribution is 2.26. The topological polar surface area (TPSA) is 146 Å². The molecule has 46 heavy (non-hydrogen) atoms. The number of nitrogens with zero attached hydrogens (tertiary/aromatic N) is 3. The highest BCUT2D eigenvalue weighted by molar-refractivity contribution is 7.89. The van der Waals surface area contributed by atoms with Crippen molar-refractivity contribution in [3.05, 3.63) is 89.4 Å². The number of carbonyl (C=O) groups is 3. The number of benzene rings is 3. The average molecular weight is 665 g/mol. The molecule has 11 nitrogen and oxygen atoms in total. The summed E-state index contributed by atoms with van der Waals surface area (Å²) >= 11 is 1.41. The number of nitrogens with one attached hydrogen (secondary N) is 1. The minimum absolute atomic E-state index is 0.0578. The number of Topliss-reactive ketones (excluding diaryl/α,β-unsaturated/α-hetero) is 1. The molecule has 2 heterocycles. The van der Waals surface area contributed by atoms with E-state index in [1.54, 1.807) is 35.8 Å². The molecule has 4 aromatic rings. The number of aliphatic hydroxyl groups is 1. The van der Waals surface area contributed by atoms with E-state index in [2.05, 4.69) is 10.3 Å². The zero-order chi connectivity index (χ0) is 33.0. The van der Waals surface area contributed by atoms with Gasteiger partial charge in [-0.1, -0.05) is 56.3 Å². The number of ether oxygens (including phenoxy) is 1. The lowest BCUT2D eigenvalue weighted by atomic mass is 10.0. The third-order valence-electron chi connectivity index (χ3n) is 7.66. The number of aromatic nitrogens is 1. The van der Waals surface area contributed by atoms with Crippen LogP contribution < -0.4 is 10.2 Å². The molecule has 0 unspecified atom stereocenters. The summed E-state index contributed by atoms with van der Waals surface area (Å²) in [5, 5.41) is 14.4. The number of aliphatic hydroxyl groups excluding tert-OH is 1. The summed E-state index contributed by atoms with van der Waals surface area (Å²) in [7, 11) is -4.04. The van der Waals surface area contributed by atoms with Gasteiger partial charge in [0, 0.05) is 24.3 Å². The Labute approximate surface area is 271 Å². The van der Waals surface area contributed by atoms with E-state index >= 15 is 0 Å². The van der Waals surface area contributed by atoms with E-state index in [1.807, 2.05) is 44.2 Å². The number of cyclic esters (lactones) is 1. The van der Waals surface area contributed by atoms with Crippen molar-refractivity contribution in [2.75, 3.05) is 24.5 Å². The van der Waals surface area contributed by atoms with Crippen LogP contribution in [0.4, 0.5) is 10.5 Å². The van der Waals surface area contributed by atoms with Gasteiger partial charge >= 0.3 is 6.09 Å². The molecule has 0 aliphatic carbocycles. The summed E-state index contributed by atoms with van der Waals surface area (Å²) in [5.41, 5.74) is 3.86. The van der Waals surface area contributed by atoms with Crippen molar-refractivity contribution in [2.45, 2.75) is 50.3 Å². The smallest absolute Gasteiger partial charge is 0.415 e. The van der Waals surface area contributed by atoms with Crippen molar-refractivity contribution in [1.29, 1.82) is 0 Å². The Balaban J connectivity index is 1.36. The molecule has 5 rings (SSSR count). The van der Waals surface area contributed by atoms with Crippen molar-refractivity contribution in [2.24, 2.45) is 5.92 Å². The Hall–Kier alpha value is -4.17. The second-order valence-corrected chi connectivity index (χ2v) is 14.5. The molecule has 0 bridgehead atoms. The number of sulfonamides is 1. The quantitative estimate of drug-likeness (QED) is 0.202. The Morgan fingerprint density at radius 3 is 2.57 bits per heavy atom. The molecular formula is C33H36N4O7S2. The molecule has 0 saturated carbocycles. The number of amides is 2. The Morgan fingerprint density at radius 1 is 1.09 bits per heavy atom. The summed E-state index contributed by atoms with van der Waals surface area (Å²) < 4.78 is 35.2. The lowest BCUT2D eigenvalue weighted by molar-refractivity contribution is -0.129. The number of anilines is 1.